The largest absolute Gasteiger partial charge is 0.325 e. The zero-order valence-electron chi connectivity index (χ0n) is 12.7. The summed E-state index contributed by atoms with van der Waals surface area (Å²) in [6, 6.07) is 10.5. The first-order valence-electron chi connectivity index (χ1n) is 7.70. The molecular formula is C18H22N2O. The van der Waals surface area contributed by atoms with Crippen LogP contribution >= 0.6 is 0 Å². The number of para-hydroxylation sites is 1. The summed E-state index contributed by atoms with van der Waals surface area (Å²) < 4.78 is 0. The van der Waals surface area contributed by atoms with Gasteiger partial charge < -0.3 is 4.90 Å². The monoisotopic (exact) mass is 282 g/mol. The first-order valence-corrected chi connectivity index (χ1v) is 7.70. The van der Waals surface area contributed by atoms with E-state index >= 15 is 0 Å². The van der Waals surface area contributed by atoms with Gasteiger partial charge in [0, 0.05) is 18.3 Å². The first kappa shape index (κ1) is 13.9. The third-order valence-corrected chi connectivity index (χ3v) is 4.22. The molecule has 2 amide bonds. The van der Waals surface area contributed by atoms with Crippen molar-refractivity contribution in [2.75, 3.05) is 11.4 Å². The van der Waals surface area contributed by atoms with Gasteiger partial charge in [-0.2, -0.15) is 0 Å². The summed E-state index contributed by atoms with van der Waals surface area (Å²) in [5.41, 5.74) is 2.28. The number of urea groups is 1. The van der Waals surface area contributed by atoms with Crippen LogP contribution in [0.4, 0.5) is 10.5 Å². The quantitative estimate of drug-likeness (QED) is 0.822. The molecule has 1 aliphatic carbocycles. The average Bonchev–Trinajstić information content (AvgIpc) is 3.01. The third kappa shape index (κ3) is 2.60. The Hall–Kier alpha value is -2.03. The Morgan fingerprint density at radius 3 is 2.57 bits per heavy atom. The van der Waals surface area contributed by atoms with Gasteiger partial charge in [0.1, 0.15) is 0 Å². The average molecular weight is 282 g/mol. The molecule has 1 aromatic carbocycles. The highest BCUT2D eigenvalue weighted by molar-refractivity contribution is 5.93. The van der Waals surface area contributed by atoms with E-state index in [-0.39, 0.29) is 18.1 Å². The van der Waals surface area contributed by atoms with E-state index in [2.05, 4.69) is 32.1 Å². The fourth-order valence-electron chi connectivity index (χ4n) is 3.24. The summed E-state index contributed by atoms with van der Waals surface area (Å²) >= 11 is 0. The zero-order chi connectivity index (χ0) is 14.8. The fraction of sp³-hybridized carbons (Fsp3) is 0.389. The molecule has 1 aromatic rings. The Balaban J connectivity index is 1.88. The number of allylic oxidation sites excluding steroid dienone is 2. The summed E-state index contributed by atoms with van der Waals surface area (Å²) in [5, 5.41) is 0. The SMILES string of the molecule is CC(C)N1C(=O)N(c2ccccc2)CCC1C1=CCC=C1. The third-order valence-electron chi connectivity index (χ3n) is 4.22. The molecule has 1 fully saturated rings. The van der Waals surface area contributed by atoms with Gasteiger partial charge in [-0.1, -0.05) is 36.4 Å². The highest BCUT2D eigenvalue weighted by atomic mass is 16.2. The Labute approximate surface area is 126 Å². The minimum absolute atomic E-state index is 0.119. The molecule has 0 aromatic heterocycles. The Morgan fingerprint density at radius 2 is 1.95 bits per heavy atom. The molecule has 0 saturated carbocycles. The maximum atomic E-state index is 12.9. The molecule has 3 rings (SSSR count). The van der Waals surface area contributed by atoms with Crippen molar-refractivity contribution in [1.82, 2.24) is 4.90 Å². The lowest BCUT2D eigenvalue weighted by molar-refractivity contribution is 0.157. The van der Waals surface area contributed by atoms with Gasteiger partial charge in [0.15, 0.2) is 0 Å². The van der Waals surface area contributed by atoms with E-state index in [0.29, 0.717) is 0 Å². The van der Waals surface area contributed by atoms with E-state index < -0.39 is 0 Å². The van der Waals surface area contributed by atoms with Crippen molar-refractivity contribution in [2.45, 2.75) is 38.8 Å². The summed E-state index contributed by atoms with van der Waals surface area (Å²) in [4.78, 5) is 16.9. The summed E-state index contributed by atoms with van der Waals surface area (Å²) in [6.45, 7) is 4.97. The Morgan fingerprint density at radius 1 is 1.19 bits per heavy atom. The van der Waals surface area contributed by atoms with E-state index in [4.69, 9.17) is 0 Å². The topological polar surface area (TPSA) is 23.6 Å². The predicted octanol–water partition coefficient (Wildman–Crippen LogP) is 3.98. The molecule has 110 valence electrons. The standard InChI is InChI=1S/C18H22N2O/c1-14(2)20-17(15-8-6-7-9-15)12-13-19(18(20)21)16-10-4-3-5-11-16/h3-6,8-11,14,17H,7,12-13H2,1-2H3. The van der Waals surface area contributed by atoms with E-state index in [9.17, 15) is 4.79 Å². The number of amides is 2. The summed E-state index contributed by atoms with van der Waals surface area (Å²) in [5.74, 6) is 0. The number of carbonyl (C=O) groups is 1. The molecule has 1 saturated heterocycles. The van der Waals surface area contributed by atoms with Gasteiger partial charge >= 0.3 is 6.03 Å². The molecule has 1 atom stereocenters. The Bertz CT molecular complexity index is 574. The molecular weight excluding hydrogens is 260 g/mol. The molecule has 3 nitrogen and oxygen atoms in total. The van der Waals surface area contributed by atoms with Crippen molar-refractivity contribution in [3.05, 3.63) is 54.1 Å². The maximum absolute atomic E-state index is 12.9. The first-order chi connectivity index (χ1) is 10.2. The molecule has 21 heavy (non-hydrogen) atoms. The number of carbonyl (C=O) groups excluding carboxylic acids is 1. The van der Waals surface area contributed by atoms with Crippen molar-refractivity contribution in [1.29, 1.82) is 0 Å². The van der Waals surface area contributed by atoms with Gasteiger partial charge in [-0.15, -0.1) is 0 Å². The van der Waals surface area contributed by atoms with Crippen LogP contribution < -0.4 is 4.90 Å². The normalized spacial score (nSPS) is 22.1. The molecule has 0 spiro atoms. The number of rotatable bonds is 3. The highest BCUT2D eigenvalue weighted by Crippen LogP contribution is 2.30. The van der Waals surface area contributed by atoms with Crippen molar-refractivity contribution < 1.29 is 4.79 Å². The van der Waals surface area contributed by atoms with E-state index in [1.807, 2.05) is 40.1 Å². The smallest absolute Gasteiger partial charge is 0.315 e. The number of hydrogen-bond donors (Lipinski definition) is 0. The molecule has 0 bridgehead atoms. The van der Waals surface area contributed by atoms with Crippen molar-refractivity contribution in [3.8, 4) is 0 Å². The molecule has 0 radical (unpaired) electrons. The van der Waals surface area contributed by atoms with E-state index in [1.54, 1.807) is 0 Å². The van der Waals surface area contributed by atoms with Crippen LogP contribution in [-0.4, -0.2) is 29.6 Å². The minimum atomic E-state index is 0.119. The van der Waals surface area contributed by atoms with Crippen LogP contribution in [0, 0.1) is 0 Å². The van der Waals surface area contributed by atoms with Crippen molar-refractivity contribution in [2.24, 2.45) is 0 Å². The lowest BCUT2D eigenvalue weighted by atomic mass is 9.99. The molecule has 2 aliphatic rings. The van der Waals surface area contributed by atoms with Gasteiger partial charge in [0.2, 0.25) is 0 Å². The number of hydrogen-bond acceptors (Lipinski definition) is 1. The predicted molar refractivity (Wildman–Crippen MR) is 86.4 cm³/mol. The molecule has 1 aliphatic heterocycles. The van der Waals surface area contributed by atoms with Crippen LogP contribution in [-0.2, 0) is 0 Å². The summed E-state index contributed by atoms with van der Waals surface area (Å²) in [6.07, 6.45) is 8.56. The molecule has 1 heterocycles. The second kappa shape index (κ2) is 5.76. The van der Waals surface area contributed by atoms with Crippen LogP contribution in [0.25, 0.3) is 0 Å². The lowest BCUT2D eigenvalue weighted by Crippen LogP contribution is -2.57. The van der Waals surface area contributed by atoms with E-state index in [1.165, 1.54) is 5.57 Å². The van der Waals surface area contributed by atoms with Crippen molar-refractivity contribution >= 4 is 11.7 Å². The van der Waals surface area contributed by atoms with Gasteiger partial charge in [0.25, 0.3) is 0 Å². The van der Waals surface area contributed by atoms with Gasteiger partial charge in [0.05, 0.1) is 6.04 Å². The molecule has 3 heteroatoms. The summed E-state index contributed by atoms with van der Waals surface area (Å²) in [7, 11) is 0. The second-order valence-electron chi connectivity index (χ2n) is 5.92. The Kier molecular flexibility index (Phi) is 3.82. The lowest BCUT2D eigenvalue weighted by Gasteiger charge is -2.44. The van der Waals surface area contributed by atoms with Crippen LogP contribution in [0.15, 0.2) is 54.1 Å². The zero-order valence-corrected chi connectivity index (χ0v) is 12.7. The number of anilines is 1. The highest BCUT2D eigenvalue weighted by Gasteiger charge is 2.36. The van der Waals surface area contributed by atoms with Crippen molar-refractivity contribution in [3.63, 3.8) is 0 Å². The van der Waals surface area contributed by atoms with Gasteiger partial charge in [-0.3, -0.25) is 4.90 Å². The minimum Gasteiger partial charge on any atom is -0.315 e. The molecule has 0 N–H and O–H groups in total. The number of benzene rings is 1. The van der Waals surface area contributed by atoms with Crippen LogP contribution in [0.3, 0.4) is 0 Å². The van der Waals surface area contributed by atoms with Gasteiger partial charge in [-0.05, 0) is 44.4 Å². The van der Waals surface area contributed by atoms with E-state index in [0.717, 1.165) is 25.1 Å². The number of nitrogens with zero attached hydrogens (tertiary/aromatic N) is 2. The van der Waals surface area contributed by atoms with Crippen LogP contribution in [0.2, 0.25) is 0 Å². The van der Waals surface area contributed by atoms with Crippen LogP contribution in [0.1, 0.15) is 26.7 Å². The fourth-order valence-corrected chi connectivity index (χ4v) is 3.24. The van der Waals surface area contributed by atoms with Crippen LogP contribution in [0.5, 0.6) is 0 Å². The maximum Gasteiger partial charge on any atom is 0.325 e. The van der Waals surface area contributed by atoms with Gasteiger partial charge in [-0.25, -0.2) is 4.79 Å². The molecule has 1 unspecified atom stereocenters. The second-order valence-corrected chi connectivity index (χ2v) is 5.92.